The molecule has 0 N–H and O–H groups in total. The van der Waals surface area contributed by atoms with Crippen LogP contribution in [-0.4, -0.2) is 4.83 Å². The molecule has 0 aliphatic heterocycles. The molecule has 0 saturated carbocycles. The third-order valence-corrected chi connectivity index (χ3v) is 4.08. The van der Waals surface area contributed by atoms with Crippen molar-refractivity contribution >= 4 is 31.9 Å². The second kappa shape index (κ2) is 4.27. The van der Waals surface area contributed by atoms with Gasteiger partial charge in [-0.25, -0.2) is 0 Å². The standard InChI is InChI=1S/C9H10Br2/c1-7(10)9(11)8-5-3-2-4-6-8/h2-7,9H,1H3/t7-,9+/m1/s1. The largest absolute Gasteiger partial charge is 0.0878 e. The SMILES string of the molecule is C[C@@H](Br)[C@H](Br)c1ccccc1. The van der Waals surface area contributed by atoms with Crippen LogP contribution in [0.5, 0.6) is 0 Å². The highest BCUT2D eigenvalue weighted by Crippen LogP contribution is 2.30. The molecule has 0 aliphatic rings. The Kier molecular flexibility index (Phi) is 3.60. The van der Waals surface area contributed by atoms with Crippen LogP contribution < -0.4 is 0 Å². The Labute approximate surface area is 84.3 Å². The van der Waals surface area contributed by atoms with Gasteiger partial charge < -0.3 is 0 Å². The van der Waals surface area contributed by atoms with Crippen LogP contribution in [-0.2, 0) is 0 Å². The lowest BCUT2D eigenvalue weighted by molar-refractivity contribution is 0.949. The normalized spacial score (nSPS) is 15.9. The minimum atomic E-state index is 0.406. The molecule has 0 spiro atoms. The second-order valence-corrected chi connectivity index (χ2v) is 4.92. The van der Waals surface area contributed by atoms with Crippen molar-refractivity contribution in [1.82, 2.24) is 0 Å². The van der Waals surface area contributed by atoms with Gasteiger partial charge in [0.1, 0.15) is 0 Å². The highest BCUT2D eigenvalue weighted by Gasteiger charge is 2.11. The Morgan fingerprint density at radius 1 is 1.09 bits per heavy atom. The van der Waals surface area contributed by atoms with Gasteiger partial charge in [-0.3, -0.25) is 0 Å². The molecule has 0 aliphatic carbocycles. The first-order chi connectivity index (χ1) is 5.22. The van der Waals surface area contributed by atoms with Crippen LogP contribution in [0.3, 0.4) is 0 Å². The number of halogens is 2. The van der Waals surface area contributed by atoms with E-state index in [2.05, 4.69) is 63.0 Å². The summed E-state index contributed by atoms with van der Waals surface area (Å²) >= 11 is 7.13. The summed E-state index contributed by atoms with van der Waals surface area (Å²) in [5, 5.41) is 0. The van der Waals surface area contributed by atoms with Crippen LogP contribution in [0.25, 0.3) is 0 Å². The summed E-state index contributed by atoms with van der Waals surface area (Å²) in [5.41, 5.74) is 1.32. The van der Waals surface area contributed by atoms with Crippen LogP contribution >= 0.6 is 31.9 Å². The molecule has 0 bridgehead atoms. The number of hydrogen-bond acceptors (Lipinski definition) is 0. The monoisotopic (exact) mass is 276 g/mol. The van der Waals surface area contributed by atoms with E-state index in [0.717, 1.165) is 0 Å². The number of hydrogen-bond donors (Lipinski definition) is 0. The molecule has 1 rings (SSSR count). The van der Waals surface area contributed by atoms with Gasteiger partial charge in [0.05, 0.1) is 4.83 Å². The number of rotatable bonds is 2. The molecule has 1 aromatic carbocycles. The lowest BCUT2D eigenvalue weighted by atomic mass is 10.1. The first-order valence-corrected chi connectivity index (χ1v) is 5.38. The van der Waals surface area contributed by atoms with Crippen molar-refractivity contribution in [3.63, 3.8) is 0 Å². The lowest BCUT2D eigenvalue weighted by Gasteiger charge is -2.11. The van der Waals surface area contributed by atoms with E-state index < -0.39 is 0 Å². The molecule has 0 saturated heterocycles. The third kappa shape index (κ3) is 2.60. The molecule has 0 nitrogen and oxygen atoms in total. The summed E-state index contributed by atoms with van der Waals surface area (Å²) in [6.45, 7) is 2.13. The molecular weight excluding hydrogens is 268 g/mol. The van der Waals surface area contributed by atoms with Crippen molar-refractivity contribution < 1.29 is 0 Å². The van der Waals surface area contributed by atoms with E-state index in [1.165, 1.54) is 5.56 Å². The van der Waals surface area contributed by atoms with Gasteiger partial charge in [-0.05, 0) is 5.56 Å². The smallest absolute Gasteiger partial charge is 0.0517 e. The van der Waals surface area contributed by atoms with Gasteiger partial charge in [-0.15, -0.1) is 0 Å². The predicted octanol–water partition coefficient (Wildman–Crippen LogP) is 3.91. The minimum Gasteiger partial charge on any atom is -0.0878 e. The number of benzene rings is 1. The van der Waals surface area contributed by atoms with E-state index in [4.69, 9.17) is 0 Å². The summed E-state index contributed by atoms with van der Waals surface area (Å²) in [7, 11) is 0. The van der Waals surface area contributed by atoms with Gasteiger partial charge in [-0.2, -0.15) is 0 Å². The van der Waals surface area contributed by atoms with Gasteiger partial charge in [0.15, 0.2) is 0 Å². The Morgan fingerprint density at radius 2 is 1.64 bits per heavy atom. The fraction of sp³-hybridized carbons (Fsp3) is 0.333. The van der Waals surface area contributed by atoms with Gasteiger partial charge in [0, 0.05) is 4.83 Å². The van der Waals surface area contributed by atoms with E-state index in [1.54, 1.807) is 0 Å². The maximum absolute atomic E-state index is 3.60. The second-order valence-electron chi connectivity index (χ2n) is 2.49. The van der Waals surface area contributed by atoms with E-state index in [9.17, 15) is 0 Å². The molecule has 0 aromatic heterocycles. The predicted molar refractivity (Wildman–Crippen MR) is 56.5 cm³/mol. The van der Waals surface area contributed by atoms with E-state index in [-0.39, 0.29) is 0 Å². The average molecular weight is 278 g/mol. The zero-order valence-corrected chi connectivity index (χ0v) is 9.47. The summed E-state index contributed by atoms with van der Waals surface area (Å²) in [4.78, 5) is 0.869. The first kappa shape index (κ1) is 9.27. The van der Waals surface area contributed by atoms with Crippen molar-refractivity contribution in [2.75, 3.05) is 0 Å². The fourth-order valence-electron chi connectivity index (χ4n) is 0.902. The van der Waals surface area contributed by atoms with Crippen LogP contribution in [0, 0.1) is 0 Å². The van der Waals surface area contributed by atoms with Crippen molar-refractivity contribution in [2.24, 2.45) is 0 Å². The summed E-state index contributed by atoms with van der Waals surface area (Å²) in [5.74, 6) is 0. The minimum absolute atomic E-state index is 0.406. The first-order valence-electron chi connectivity index (χ1n) is 3.55. The summed E-state index contributed by atoms with van der Waals surface area (Å²) in [6.07, 6.45) is 0. The van der Waals surface area contributed by atoms with E-state index in [0.29, 0.717) is 9.65 Å². The third-order valence-electron chi connectivity index (χ3n) is 1.52. The molecular formula is C9H10Br2. The number of alkyl halides is 2. The van der Waals surface area contributed by atoms with Crippen LogP contribution in [0.1, 0.15) is 17.3 Å². The van der Waals surface area contributed by atoms with E-state index in [1.807, 2.05) is 6.07 Å². The van der Waals surface area contributed by atoms with E-state index >= 15 is 0 Å². The van der Waals surface area contributed by atoms with Gasteiger partial charge in [0.2, 0.25) is 0 Å². The van der Waals surface area contributed by atoms with Gasteiger partial charge in [0.25, 0.3) is 0 Å². The molecule has 0 fully saturated rings. The van der Waals surface area contributed by atoms with Crippen molar-refractivity contribution in [3.05, 3.63) is 35.9 Å². The molecule has 11 heavy (non-hydrogen) atoms. The lowest BCUT2D eigenvalue weighted by Crippen LogP contribution is -2.00. The van der Waals surface area contributed by atoms with Crippen LogP contribution in [0.4, 0.5) is 0 Å². The maximum Gasteiger partial charge on any atom is 0.0517 e. The van der Waals surface area contributed by atoms with Crippen molar-refractivity contribution in [1.29, 1.82) is 0 Å². The average Bonchev–Trinajstić information content (AvgIpc) is 2.05. The molecule has 0 radical (unpaired) electrons. The topological polar surface area (TPSA) is 0 Å². The van der Waals surface area contributed by atoms with Crippen LogP contribution in [0.2, 0.25) is 0 Å². The summed E-state index contributed by atoms with van der Waals surface area (Å²) < 4.78 is 0. The molecule has 2 atom stereocenters. The summed E-state index contributed by atoms with van der Waals surface area (Å²) in [6, 6.07) is 10.4. The Morgan fingerprint density at radius 3 is 2.09 bits per heavy atom. The molecule has 0 amide bonds. The zero-order valence-electron chi connectivity index (χ0n) is 6.30. The highest BCUT2D eigenvalue weighted by atomic mass is 79.9. The Hall–Kier alpha value is 0.180. The van der Waals surface area contributed by atoms with Crippen molar-refractivity contribution in [3.8, 4) is 0 Å². The zero-order chi connectivity index (χ0) is 8.27. The molecule has 1 aromatic rings. The molecule has 0 unspecified atom stereocenters. The van der Waals surface area contributed by atoms with Crippen molar-refractivity contribution in [2.45, 2.75) is 16.6 Å². The Balaban J connectivity index is 2.77. The maximum atomic E-state index is 3.60. The van der Waals surface area contributed by atoms with Crippen LogP contribution in [0.15, 0.2) is 30.3 Å². The quantitative estimate of drug-likeness (QED) is 0.719. The Bertz CT molecular complexity index is 206. The fourth-order valence-corrected chi connectivity index (χ4v) is 1.51. The molecule has 60 valence electrons. The highest BCUT2D eigenvalue weighted by molar-refractivity contribution is 9.12. The van der Waals surface area contributed by atoms with Gasteiger partial charge in [-0.1, -0.05) is 69.1 Å². The van der Waals surface area contributed by atoms with Gasteiger partial charge >= 0.3 is 0 Å². The molecule has 2 heteroatoms. The molecule has 0 heterocycles.